The van der Waals surface area contributed by atoms with E-state index < -0.39 is 11.7 Å². The first-order valence-electron chi connectivity index (χ1n) is 4.85. The summed E-state index contributed by atoms with van der Waals surface area (Å²) in [5.41, 5.74) is 10.2. The molecule has 0 aromatic rings. The maximum atomic E-state index is 11.2. The fraction of sp³-hybridized carbons (Fsp3) is 0.778. The van der Waals surface area contributed by atoms with Crippen LogP contribution in [0.25, 0.3) is 0 Å². The van der Waals surface area contributed by atoms with Gasteiger partial charge in [0.15, 0.2) is 5.96 Å². The van der Waals surface area contributed by atoms with Gasteiger partial charge in [-0.1, -0.05) is 0 Å². The lowest BCUT2D eigenvalue weighted by Gasteiger charge is -2.19. The van der Waals surface area contributed by atoms with Gasteiger partial charge in [0.1, 0.15) is 5.60 Å². The second-order valence-corrected chi connectivity index (χ2v) is 4.04. The summed E-state index contributed by atoms with van der Waals surface area (Å²) in [6, 6.07) is 0. The number of hydrogen-bond acceptors (Lipinski definition) is 4. The number of rotatable bonds is 3. The van der Waals surface area contributed by atoms with Crippen molar-refractivity contribution in [2.24, 2.45) is 16.5 Å². The third-order valence-corrected chi connectivity index (χ3v) is 1.27. The molecule has 0 saturated carbocycles. The molecule has 88 valence electrons. The Kier molecular flexibility index (Phi) is 5.69. The van der Waals surface area contributed by atoms with Crippen LogP contribution in [0, 0.1) is 0 Å². The number of carbonyl (C=O) groups is 1. The van der Waals surface area contributed by atoms with Crippen molar-refractivity contribution in [3.63, 3.8) is 0 Å². The monoisotopic (exact) mass is 216 g/mol. The van der Waals surface area contributed by atoms with Gasteiger partial charge in [-0.05, 0) is 33.7 Å². The normalized spacial score (nSPS) is 12.4. The van der Waals surface area contributed by atoms with Crippen LogP contribution in [0.4, 0.5) is 4.79 Å². The molecule has 1 amide bonds. The number of guanidine groups is 1. The lowest BCUT2D eigenvalue weighted by atomic mass is 10.2. The maximum absolute atomic E-state index is 11.2. The number of ether oxygens (including phenoxy) is 1. The minimum atomic E-state index is -0.600. The molecule has 0 rings (SSSR count). The summed E-state index contributed by atoms with van der Waals surface area (Å²) in [6.45, 7) is 6.36. The Bertz CT molecular complexity index is 233. The van der Waals surface area contributed by atoms with Crippen molar-refractivity contribution in [1.82, 2.24) is 5.32 Å². The highest BCUT2D eigenvalue weighted by Gasteiger charge is 2.16. The lowest BCUT2D eigenvalue weighted by Crippen LogP contribution is -2.40. The zero-order valence-corrected chi connectivity index (χ0v) is 9.54. The van der Waals surface area contributed by atoms with Crippen molar-refractivity contribution in [1.29, 1.82) is 0 Å². The van der Waals surface area contributed by atoms with Crippen LogP contribution in [0.5, 0.6) is 0 Å². The van der Waals surface area contributed by atoms with E-state index in [0.717, 1.165) is 6.42 Å². The van der Waals surface area contributed by atoms with Crippen LogP contribution in [-0.2, 0) is 4.74 Å². The zero-order valence-electron chi connectivity index (χ0n) is 9.54. The van der Waals surface area contributed by atoms with Crippen LogP contribution >= 0.6 is 0 Å². The van der Waals surface area contributed by atoms with Crippen molar-refractivity contribution in [3.05, 3.63) is 0 Å². The van der Waals surface area contributed by atoms with Gasteiger partial charge in [-0.3, -0.25) is 10.3 Å². The Labute approximate surface area is 90.1 Å². The van der Waals surface area contributed by atoms with E-state index >= 15 is 0 Å². The molecule has 0 aromatic heterocycles. The average Bonchev–Trinajstić information content (AvgIpc) is 2.00. The molecule has 0 aliphatic carbocycles. The van der Waals surface area contributed by atoms with Gasteiger partial charge in [0, 0.05) is 6.54 Å². The highest BCUT2D eigenvalue weighted by Crippen LogP contribution is 2.05. The van der Waals surface area contributed by atoms with Crippen molar-refractivity contribution in [2.75, 3.05) is 13.1 Å². The SMILES string of the molecule is CC(C)(C)OC(=O)NC(N)=NCCCN. The van der Waals surface area contributed by atoms with Crippen LogP contribution in [-0.4, -0.2) is 30.7 Å². The highest BCUT2D eigenvalue weighted by atomic mass is 16.6. The van der Waals surface area contributed by atoms with Crippen molar-refractivity contribution in [2.45, 2.75) is 32.8 Å². The number of nitrogens with two attached hydrogens (primary N) is 2. The standard InChI is InChI=1S/C9H20N4O2/c1-9(2,3)15-8(14)13-7(11)12-6-4-5-10/h4-6,10H2,1-3H3,(H3,11,12,13,14). The highest BCUT2D eigenvalue weighted by molar-refractivity contribution is 5.92. The Morgan fingerprint density at radius 2 is 2.07 bits per heavy atom. The molecule has 6 nitrogen and oxygen atoms in total. The largest absolute Gasteiger partial charge is 0.444 e. The van der Waals surface area contributed by atoms with Crippen LogP contribution in [0.1, 0.15) is 27.2 Å². The number of alkyl carbamates (subject to hydrolysis) is 1. The van der Waals surface area contributed by atoms with Gasteiger partial charge in [-0.2, -0.15) is 0 Å². The summed E-state index contributed by atoms with van der Waals surface area (Å²) in [7, 11) is 0. The molecule has 0 aliphatic heterocycles. The number of amides is 1. The minimum Gasteiger partial charge on any atom is -0.444 e. The molecule has 0 aliphatic rings. The van der Waals surface area contributed by atoms with Gasteiger partial charge < -0.3 is 16.2 Å². The molecular formula is C9H20N4O2. The summed E-state index contributed by atoms with van der Waals surface area (Å²) < 4.78 is 4.98. The lowest BCUT2D eigenvalue weighted by molar-refractivity contribution is 0.0562. The summed E-state index contributed by atoms with van der Waals surface area (Å²) in [5, 5.41) is 2.32. The Hall–Kier alpha value is -1.30. The molecular weight excluding hydrogens is 196 g/mol. The van der Waals surface area contributed by atoms with Gasteiger partial charge in [0.2, 0.25) is 0 Å². The predicted octanol–water partition coefficient (Wildman–Crippen LogP) is 0.175. The summed E-state index contributed by atoms with van der Waals surface area (Å²) >= 11 is 0. The van der Waals surface area contributed by atoms with Crippen LogP contribution in [0.2, 0.25) is 0 Å². The van der Waals surface area contributed by atoms with E-state index in [9.17, 15) is 4.79 Å². The minimum absolute atomic E-state index is 0.0534. The number of nitrogens with zero attached hydrogens (tertiary/aromatic N) is 1. The fourth-order valence-corrected chi connectivity index (χ4v) is 0.739. The van der Waals surface area contributed by atoms with E-state index in [2.05, 4.69) is 10.3 Å². The van der Waals surface area contributed by atoms with Gasteiger partial charge in [-0.15, -0.1) is 0 Å². The summed E-state index contributed by atoms with van der Waals surface area (Å²) in [5.74, 6) is 0.0534. The Balaban J connectivity index is 3.91. The van der Waals surface area contributed by atoms with Crippen molar-refractivity contribution < 1.29 is 9.53 Å². The van der Waals surface area contributed by atoms with E-state index in [-0.39, 0.29) is 5.96 Å². The molecule has 0 atom stereocenters. The zero-order chi connectivity index (χ0) is 11.9. The first-order chi connectivity index (χ1) is 6.85. The second-order valence-electron chi connectivity index (χ2n) is 4.04. The molecule has 0 radical (unpaired) electrons. The number of aliphatic imine (C=N–C) groups is 1. The van der Waals surface area contributed by atoms with Gasteiger partial charge in [0.25, 0.3) is 0 Å². The quantitative estimate of drug-likeness (QED) is 0.355. The summed E-state index contributed by atoms with van der Waals surface area (Å²) in [6.07, 6.45) is 0.132. The molecule has 5 N–H and O–H groups in total. The average molecular weight is 216 g/mol. The van der Waals surface area contributed by atoms with Crippen molar-refractivity contribution >= 4 is 12.1 Å². The Morgan fingerprint density at radius 1 is 1.47 bits per heavy atom. The van der Waals surface area contributed by atoms with Crippen molar-refractivity contribution in [3.8, 4) is 0 Å². The molecule has 0 heterocycles. The van der Waals surface area contributed by atoms with Crippen LogP contribution in [0.15, 0.2) is 4.99 Å². The Morgan fingerprint density at radius 3 is 2.53 bits per heavy atom. The maximum Gasteiger partial charge on any atom is 0.414 e. The number of hydrogen-bond donors (Lipinski definition) is 3. The van der Waals surface area contributed by atoms with E-state index in [1.165, 1.54) is 0 Å². The van der Waals surface area contributed by atoms with Gasteiger partial charge in [0.05, 0.1) is 0 Å². The first-order valence-corrected chi connectivity index (χ1v) is 4.85. The first kappa shape index (κ1) is 13.7. The number of nitrogens with one attached hydrogen (secondary N) is 1. The summed E-state index contributed by atoms with van der Waals surface area (Å²) in [4.78, 5) is 15.1. The smallest absolute Gasteiger partial charge is 0.414 e. The van der Waals surface area contributed by atoms with Crippen LogP contribution < -0.4 is 16.8 Å². The molecule has 0 bridgehead atoms. The van der Waals surface area contributed by atoms with Gasteiger partial charge in [-0.25, -0.2) is 4.79 Å². The molecule has 0 unspecified atom stereocenters. The predicted molar refractivity (Wildman–Crippen MR) is 59.5 cm³/mol. The van der Waals surface area contributed by atoms with E-state index in [1.807, 2.05) is 0 Å². The van der Waals surface area contributed by atoms with E-state index in [4.69, 9.17) is 16.2 Å². The van der Waals surface area contributed by atoms with E-state index in [1.54, 1.807) is 20.8 Å². The fourth-order valence-electron chi connectivity index (χ4n) is 0.739. The molecule has 6 heteroatoms. The van der Waals surface area contributed by atoms with Crippen LogP contribution in [0.3, 0.4) is 0 Å². The topological polar surface area (TPSA) is 103 Å². The molecule has 0 aromatic carbocycles. The second kappa shape index (κ2) is 6.23. The number of carbonyl (C=O) groups excluding carboxylic acids is 1. The molecule has 15 heavy (non-hydrogen) atoms. The van der Waals surface area contributed by atoms with Gasteiger partial charge >= 0.3 is 6.09 Å². The molecule has 0 spiro atoms. The third-order valence-electron chi connectivity index (χ3n) is 1.27. The molecule has 0 fully saturated rings. The van der Waals surface area contributed by atoms with E-state index in [0.29, 0.717) is 13.1 Å². The molecule has 0 saturated heterocycles. The third kappa shape index (κ3) is 9.01.